The highest BCUT2D eigenvalue weighted by Crippen LogP contribution is 2.27. The largest absolute Gasteiger partial charge is 0.258 e. The number of aromatic nitrogens is 2. The second-order valence-electron chi connectivity index (χ2n) is 6.35. The van der Waals surface area contributed by atoms with Crippen LogP contribution in [0, 0.1) is 41.5 Å². The summed E-state index contributed by atoms with van der Waals surface area (Å²) in [4.78, 5) is 5.53. The summed E-state index contributed by atoms with van der Waals surface area (Å²) >= 11 is 0. The summed E-state index contributed by atoms with van der Waals surface area (Å²) in [5.74, 6) is 0. The molecule has 0 aliphatic carbocycles. The topological polar surface area (TPSA) is 34.9 Å². The molecule has 2 aromatic heterocycles. The van der Waals surface area contributed by atoms with Crippen molar-refractivity contribution in [2.45, 2.75) is 60.3 Å². The molecule has 3 aromatic rings. The molecule has 0 saturated heterocycles. The molecule has 0 fully saturated rings. The zero-order valence-corrected chi connectivity index (χ0v) is 17.3. The molecule has 25 heavy (non-hydrogen) atoms. The van der Waals surface area contributed by atoms with E-state index in [-0.39, 0.29) is 0 Å². The van der Waals surface area contributed by atoms with Gasteiger partial charge in [-0.1, -0.05) is 31.5 Å². The number of hydrogen-bond acceptors (Lipinski definition) is 2. The van der Waals surface area contributed by atoms with Crippen LogP contribution in [0.3, 0.4) is 0 Å². The summed E-state index contributed by atoms with van der Waals surface area (Å²) in [6.07, 6.45) is 0. The lowest BCUT2D eigenvalue weighted by Gasteiger charge is -2.14. The van der Waals surface area contributed by atoms with E-state index < -0.39 is 11.0 Å². The number of pyridine rings is 1. The van der Waals surface area contributed by atoms with Crippen molar-refractivity contribution in [3.05, 3.63) is 57.9 Å². The van der Waals surface area contributed by atoms with Crippen LogP contribution in [0.25, 0.3) is 11.0 Å². The Hall–Kier alpha value is -1.94. The average Bonchev–Trinajstić information content (AvgIpc) is 2.83. The Morgan fingerprint density at radius 1 is 0.840 bits per heavy atom. The van der Waals surface area contributed by atoms with Crippen LogP contribution in [-0.2, 0) is 11.0 Å². The minimum absolute atomic E-state index is 0.898. The fourth-order valence-corrected chi connectivity index (χ4v) is 4.67. The molecule has 1 atom stereocenters. The first-order chi connectivity index (χ1) is 11.8. The van der Waals surface area contributed by atoms with Crippen LogP contribution in [0.1, 0.15) is 47.5 Å². The summed E-state index contributed by atoms with van der Waals surface area (Å²) in [5.41, 5.74) is 8.27. The van der Waals surface area contributed by atoms with Gasteiger partial charge in [-0.25, -0.2) is 4.21 Å². The Balaban J connectivity index is 0.00000109. The predicted octanol–water partition coefficient (Wildman–Crippen LogP) is 5.48. The maximum absolute atomic E-state index is 13.3. The lowest BCUT2D eigenvalue weighted by atomic mass is 10.1. The zero-order chi connectivity index (χ0) is 18.9. The molecular formula is C21H28N2OS. The van der Waals surface area contributed by atoms with Crippen molar-refractivity contribution in [1.29, 1.82) is 0 Å². The molecule has 0 spiro atoms. The molecule has 2 heterocycles. The highest BCUT2D eigenvalue weighted by molar-refractivity contribution is 7.83. The lowest BCUT2D eigenvalue weighted by Crippen LogP contribution is -2.10. The van der Waals surface area contributed by atoms with Crippen molar-refractivity contribution in [3.8, 4) is 0 Å². The van der Waals surface area contributed by atoms with E-state index in [1.807, 2.05) is 58.5 Å². The van der Waals surface area contributed by atoms with E-state index in [1.165, 1.54) is 5.56 Å². The van der Waals surface area contributed by atoms with Gasteiger partial charge in [0, 0.05) is 11.4 Å². The SMILES string of the molecule is CC.Cc1cc(C)c(S(=O)n2c(C)cc3nc(C)c(C)cc32)c(C)c1. The fraction of sp³-hybridized carbons (Fsp3) is 0.381. The van der Waals surface area contributed by atoms with Gasteiger partial charge in [0.15, 0.2) is 11.0 Å². The lowest BCUT2D eigenvalue weighted by molar-refractivity contribution is 0.676. The van der Waals surface area contributed by atoms with E-state index in [9.17, 15) is 4.21 Å². The van der Waals surface area contributed by atoms with Crippen LogP contribution in [0.5, 0.6) is 0 Å². The second kappa shape index (κ2) is 7.52. The number of benzene rings is 1. The molecule has 0 amide bonds. The van der Waals surface area contributed by atoms with Gasteiger partial charge in [-0.05, 0) is 70.4 Å². The van der Waals surface area contributed by atoms with Gasteiger partial charge in [0.25, 0.3) is 0 Å². The van der Waals surface area contributed by atoms with Gasteiger partial charge in [0.1, 0.15) is 0 Å². The van der Waals surface area contributed by atoms with Gasteiger partial charge in [-0.2, -0.15) is 0 Å². The van der Waals surface area contributed by atoms with E-state index in [2.05, 4.69) is 30.1 Å². The van der Waals surface area contributed by atoms with E-state index in [0.29, 0.717) is 0 Å². The van der Waals surface area contributed by atoms with Gasteiger partial charge in [0.2, 0.25) is 0 Å². The standard InChI is InChI=1S/C19H22N2OS.C2H6/c1-11-7-13(3)19(14(4)8-11)23(22)21-15(5)10-17-18(21)9-12(2)16(6)20-17;1-2/h7-10H,1-6H3;1-2H3. The maximum Gasteiger partial charge on any atom is 0.157 e. The van der Waals surface area contributed by atoms with E-state index in [0.717, 1.165) is 44.0 Å². The van der Waals surface area contributed by atoms with Gasteiger partial charge >= 0.3 is 0 Å². The summed E-state index contributed by atoms with van der Waals surface area (Å²) in [6, 6.07) is 8.28. The molecule has 1 aromatic carbocycles. The van der Waals surface area contributed by atoms with Crippen molar-refractivity contribution in [2.75, 3.05) is 0 Å². The third kappa shape index (κ3) is 3.54. The number of fused-ring (bicyclic) bond motifs is 1. The molecule has 0 N–H and O–H groups in total. The minimum Gasteiger partial charge on any atom is -0.258 e. The monoisotopic (exact) mass is 356 g/mol. The molecule has 0 saturated carbocycles. The smallest absolute Gasteiger partial charge is 0.157 e. The molecule has 0 radical (unpaired) electrons. The summed E-state index contributed by atoms with van der Waals surface area (Å²) in [5, 5.41) is 0. The quantitative estimate of drug-likeness (QED) is 0.609. The van der Waals surface area contributed by atoms with Crippen molar-refractivity contribution < 1.29 is 4.21 Å². The average molecular weight is 357 g/mol. The zero-order valence-electron chi connectivity index (χ0n) is 16.5. The first-order valence-electron chi connectivity index (χ1n) is 8.76. The van der Waals surface area contributed by atoms with Crippen LogP contribution in [0.15, 0.2) is 29.2 Å². The highest BCUT2D eigenvalue weighted by Gasteiger charge is 2.18. The van der Waals surface area contributed by atoms with Crippen molar-refractivity contribution in [1.82, 2.24) is 8.96 Å². The Bertz CT molecular complexity index is 931. The Labute approximate surface area is 153 Å². The predicted molar refractivity (Wildman–Crippen MR) is 108 cm³/mol. The fourth-order valence-electron chi connectivity index (χ4n) is 3.18. The molecule has 4 heteroatoms. The number of aryl methyl sites for hydroxylation is 6. The molecular weight excluding hydrogens is 328 g/mol. The van der Waals surface area contributed by atoms with Crippen LogP contribution in [0.2, 0.25) is 0 Å². The van der Waals surface area contributed by atoms with Crippen molar-refractivity contribution in [3.63, 3.8) is 0 Å². The molecule has 0 aliphatic heterocycles. The highest BCUT2D eigenvalue weighted by atomic mass is 32.2. The summed E-state index contributed by atoms with van der Waals surface area (Å²) in [6.45, 7) is 16.2. The number of rotatable bonds is 2. The Morgan fingerprint density at radius 2 is 1.40 bits per heavy atom. The van der Waals surface area contributed by atoms with E-state index in [4.69, 9.17) is 0 Å². The Kier molecular flexibility index (Phi) is 5.83. The maximum atomic E-state index is 13.3. The molecule has 0 aliphatic rings. The normalized spacial score (nSPS) is 12.0. The Morgan fingerprint density at radius 3 is 1.96 bits per heavy atom. The van der Waals surface area contributed by atoms with E-state index in [1.54, 1.807) is 0 Å². The summed E-state index contributed by atoms with van der Waals surface area (Å²) < 4.78 is 15.2. The third-order valence-electron chi connectivity index (χ3n) is 4.30. The van der Waals surface area contributed by atoms with Crippen LogP contribution in [-0.4, -0.2) is 13.2 Å². The molecule has 1 unspecified atom stereocenters. The van der Waals surface area contributed by atoms with Crippen LogP contribution < -0.4 is 0 Å². The minimum atomic E-state index is -1.27. The molecule has 134 valence electrons. The summed E-state index contributed by atoms with van der Waals surface area (Å²) in [7, 11) is -1.27. The molecule has 3 nitrogen and oxygen atoms in total. The third-order valence-corrected chi connectivity index (χ3v) is 6.11. The van der Waals surface area contributed by atoms with Crippen LogP contribution >= 0.6 is 0 Å². The first-order valence-corrected chi connectivity index (χ1v) is 9.86. The number of nitrogens with zero attached hydrogens (tertiary/aromatic N) is 2. The van der Waals surface area contributed by atoms with Crippen molar-refractivity contribution >= 4 is 22.0 Å². The van der Waals surface area contributed by atoms with Crippen LogP contribution in [0.4, 0.5) is 0 Å². The molecule has 0 bridgehead atoms. The van der Waals surface area contributed by atoms with E-state index >= 15 is 0 Å². The van der Waals surface area contributed by atoms with Gasteiger partial charge < -0.3 is 0 Å². The van der Waals surface area contributed by atoms with Gasteiger partial charge in [-0.3, -0.25) is 8.96 Å². The second-order valence-corrected chi connectivity index (χ2v) is 7.62. The number of hydrogen-bond donors (Lipinski definition) is 0. The van der Waals surface area contributed by atoms with Gasteiger partial charge in [0.05, 0.1) is 15.9 Å². The first kappa shape index (κ1) is 19.4. The molecule has 3 rings (SSSR count). The van der Waals surface area contributed by atoms with Gasteiger partial charge in [-0.15, -0.1) is 0 Å². The van der Waals surface area contributed by atoms with Crippen molar-refractivity contribution in [2.24, 2.45) is 0 Å².